The molecule has 19 heavy (non-hydrogen) atoms. The van der Waals surface area contributed by atoms with Gasteiger partial charge in [0.15, 0.2) is 0 Å². The van der Waals surface area contributed by atoms with Gasteiger partial charge in [-0.2, -0.15) is 0 Å². The fraction of sp³-hybridized carbons (Fsp3) is 0.385. The molecule has 0 saturated carbocycles. The molecule has 1 aromatic rings. The van der Waals surface area contributed by atoms with Crippen molar-refractivity contribution in [1.82, 2.24) is 16.0 Å². The molecule has 6 heteroatoms. The van der Waals surface area contributed by atoms with E-state index in [2.05, 4.69) is 16.0 Å². The summed E-state index contributed by atoms with van der Waals surface area (Å²) in [5.74, 6) is -0.369. The van der Waals surface area contributed by atoms with E-state index in [0.717, 1.165) is 12.0 Å². The van der Waals surface area contributed by atoms with Crippen LogP contribution >= 0.6 is 11.6 Å². The Balaban J connectivity index is 2.51. The number of amides is 3. The Kier molecular flexibility index (Phi) is 6.32. The van der Waals surface area contributed by atoms with Gasteiger partial charge in [0.1, 0.15) is 0 Å². The lowest BCUT2D eigenvalue weighted by molar-refractivity contribution is -0.119. The normalized spacial score (nSPS) is 11.7. The fourth-order valence-corrected chi connectivity index (χ4v) is 1.77. The summed E-state index contributed by atoms with van der Waals surface area (Å²) in [6.07, 6.45) is 0.828. The molecule has 0 bridgehead atoms. The second-order valence-electron chi connectivity index (χ2n) is 4.02. The molecule has 5 nitrogen and oxygen atoms in total. The number of hydrogen-bond acceptors (Lipinski definition) is 3. The summed E-state index contributed by atoms with van der Waals surface area (Å²) < 4.78 is 0. The first-order valence-electron chi connectivity index (χ1n) is 6.07. The summed E-state index contributed by atoms with van der Waals surface area (Å²) in [4.78, 5) is 22.4. The van der Waals surface area contributed by atoms with Crippen molar-refractivity contribution in [3.63, 3.8) is 0 Å². The summed E-state index contributed by atoms with van der Waals surface area (Å²) in [5, 5.41) is 8.30. The smallest absolute Gasteiger partial charge is 0.321 e. The van der Waals surface area contributed by atoms with Crippen molar-refractivity contribution in [2.45, 2.75) is 19.4 Å². The molecule has 104 valence electrons. The van der Waals surface area contributed by atoms with Gasteiger partial charge in [0.2, 0.25) is 5.91 Å². The highest BCUT2D eigenvalue weighted by atomic mass is 35.5. The second-order valence-corrected chi connectivity index (χ2v) is 4.46. The zero-order chi connectivity index (χ0) is 14.3. The van der Waals surface area contributed by atoms with Gasteiger partial charge < -0.3 is 10.6 Å². The molecular formula is C13H18ClN3O2. The first-order chi connectivity index (χ1) is 9.06. The highest BCUT2D eigenvalue weighted by Crippen LogP contribution is 2.18. The topological polar surface area (TPSA) is 70.2 Å². The van der Waals surface area contributed by atoms with E-state index < -0.39 is 6.03 Å². The number of benzene rings is 1. The van der Waals surface area contributed by atoms with Crippen LogP contribution in [0.1, 0.15) is 24.9 Å². The van der Waals surface area contributed by atoms with Crippen LogP contribution in [0.15, 0.2) is 24.3 Å². The molecule has 0 heterocycles. The summed E-state index contributed by atoms with van der Waals surface area (Å²) in [6.45, 7) is 2.09. The van der Waals surface area contributed by atoms with Crippen LogP contribution in [0.2, 0.25) is 5.02 Å². The van der Waals surface area contributed by atoms with Crippen LogP contribution in [0, 0.1) is 0 Å². The third-order valence-electron chi connectivity index (χ3n) is 2.67. The maximum atomic E-state index is 11.5. The van der Waals surface area contributed by atoms with Crippen molar-refractivity contribution >= 4 is 23.5 Å². The molecule has 1 atom stereocenters. The Morgan fingerprint density at radius 1 is 1.26 bits per heavy atom. The number of nitrogens with one attached hydrogen (secondary N) is 3. The molecule has 0 fully saturated rings. The van der Waals surface area contributed by atoms with Crippen molar-refractivity contribution in [2.75, 3.05) is 13.6 Å². The van der Waals surface area contributed by atoms with Crippen LogP contribution in [-0.2, 0) is 4.79 Å². The monoisotopic (exact) mass is 283 g/mol. The first kappa shape index (κ1) is 15.5. The van der Waals surface area contributed by atoms with Crippen LogP contribution in [0.25, 0.3) is 0 Å². The molecule has 3 N–H and O–H groups in total. The highest BCUT2D eigenvalue weighted by Gasteiger charge is 2.11. The van der Waals surface area contributed by atoms with E-state index in [4.69, 9.17) is 11.6 Å². The third-order valence-corrected chi connectivity index (χ3v) is 2.92. The van der Waals surface area contributed by atoms with Crippen LogP contribution in [0.4, 0.5) is 4.79 Å². The average molecular weight is 284 g/mol. The zero-order valence-corrected chi connectivity index (χ0v) is 11.8. The highest BCUT2D eigenvalue weighted by molar-refractivity contribution is 6.30. The summed E-state index contributed by atoms with van der Waals surface area (Å²) in [6, 6.07) is 7.00. The Morgan fingerprint density at radius 3 is 2.42 bits per heavy atom. The van der Waals surface area contributed by atoms with E-state index in [1.165, 1.54) is 7.05 Å². The molecule has 0 radical (unpaired) electrons. The van der Waals surface area contributed by atoms with E-state index in [0.29, 0.717) is 5.02 Å². The summed E-state index contributed by atoms with van der Waals surface area (Å²) >= 11 is 5.83. The quantitative estimate of drug-likeness (QED) is 0.772. The first-order valence-corrected chi connectivity index (χ1v) is 6.45. The molecule has 0 aliphatic carbocycles. The number of carbonyl (C=O) groups is 2. The zero-order valence-electron chi connectivity index (χ0n) is 11.0. The van der Waals surface area contributed by atoms with E-state index >= 15 is 0 Å². The number of hydrogen-bond donors (Lipinski definition) is 3. The number of rotatable bonds is 5. The molecule has 1 rings (SSSR count). The summed E-state index contributed by atoms with van der Waals surface area (Å²) in [5.41, 5.74) is 1.06. The molecule has 0 aromatic heterocycles. The van der Waals surface area contributed by atoms with E-state index in [9.17, 15) is 9.59 Å². The van der Waals surface area contributed by atoms with Gasteiger partial charge in [-0.05, 0) is 24.1 Å². The number of urea groups is 1. The number of carbonyl (C=O) groups excluding carboxylic acids is 2. The Morgan fingerprint density at radius 2 is 1.89 bits per heavy atom. The van der Waals surface area contributed by atoms with Gasteiger partial charge in [0.05, 0.1) is 6.54 Å². The SMILES string of the molecule is CC[C@H](NCC(=O)NC(=O)NC)c1ccc(Cl)cc1. The van der Waals surface area contributed by atoms with E-state index in [-0.39, 0.29) is 18.5 Å². The van der Waals surface area contributed by atoms with Gasteiger partial charge in [-0.3, -0.25) is 10.1 Å². The lowest BCUT2D eigenvalue weighted by Gasteiger charge is -2.17. The van der Waals surface area contributed by atoms with Crippen molar-refractivity contribution in [1.29, 1.82) is 0 Å². The molecule has 0 aliphatic rings. The van der Waals surface area contributed by atoms with Crippen molar-refractivity contribution in [2.24, 2.45) is 0 Å². The number of imide groups is 1. The fourth-order valence-electron chi connectivity index (χ4n) is 1.64. The minimum atomic E-state index is -0.508. The minimum absolute atomic E-state index is 0.0488. The Hall–Kier alpha value is -1.59. The van der Waals surface area contributed by atoms with Gasteiger partial charge >= 0.3 is 6.03 Å². The standard InChI is InChI=1S/C13H18ClN3O2/c1-3-11(9-4-6-10(14)7-5-9)16-8-12(18)17-13(19)15-2/h4-7,11,16H,3,8H2,1-2H3,(H2,15,17,18,19)/t11-/m0/s1. The molecule has 0 unspecified atom stereocenters. The predicted octanol–water partition coefficient (Wildman–Crippen LogP) is 1.84. The number of halogens is 1. The molecule has 1 aromatic carbocycles. The van der Waals surface area contributed by atoms with Crippen LogP contribution in [0.5, 0.6) is 0 Å². The largest absolute Gasteiger partial charge is 0.341 e. The van der Waals surface area contributed by atoms with Crippen molar-refractivity contribution in [3.05, 3.63) is 34.9 Å². The lowest BCUT2D eigenvalue weighted by Crippen LogP contribution is -2.42. The third kappa shape index (κ3) is 5.28. The summed E-state index contributed by atoms with van der Waals surface area (Å²) in [7, 11) is 1.46. The van der Waals surface area contributed by atoms with Crippen LogP contribution in [0.3, 0.4) is 0 Å². The predicted molar refractivity (Wildman–Crippen MR) is 75.1 cm³/mol. The lowest BCUT2D eigenvalue weighted by atomic mass is 10.0. The Bertz CT molecular complexity index is 434. The van der Waals surface area contributed by atoms with E-state index in [1.54, 1.807) is 0 Å². The van der Waals surface area contributed by atoms with Gasteiger partial charge in [0, 0.05) is 18.1 Å². The van der Waals surface area contributed by atoms with Crippen LogP contribution in [-0.4, -0.2) is 25.5 Å². The maximum absolute atomic E-state index is 11.5. The van der Waals surface area contributed by atoms with E-state index in [1.807, 2.05) is 31.2 Å². The van der Waals surface area contributed by atoms with Crippen LogP contribution < -0.4 is 16.0 Å². The van der Waals surface area contributed by atoms with Gasteiger partial charge in [0.25, 0.3) is 0 Å². The van der Waals surface area contributed by atoms with Gasteiger partial charge in [-0.1, -0.05) is 30.7 Å². The molecular weight excluding hydrogens is 266 g/mol. The minimum Gasteiger partial charge on any atom is -0.341 e. The van der Waals surface area contributed by atoms with Crippen molar-refractivity contribution in [3.8, 4) is 0 Å². The molecule has 3 amide bonds. The average Bonchev–Trinajstić information content (AvgIpc) is 2.41. The molecule has 0 saturated heterocycles. The molecule has 0 spiro atoms. The van der Waals surface area contributed by atoms with Crippen molar-refractivity contribution < 1.29 is 9.59 Å². The second kappa shape index (κ2) is 7.76. The maximum Gasteiger partial charge on any atom is 0.321 e. The Labute approximate surface area is 117 Å². The van der Waals surface area contributed by atoms with Gasteiger partial charge in [-0.25, -0.2) is 4.79 Å². The van der Waals surface area contributed by atoms with Gasteiger partial charge in [-0.15, -0.1) is 0 Å². The molecule has 0 aliphatic heterocycles.